The number of unbranched alkanes of at least 4 members (excludes halogenated alkanes) is 1. The van der Waals surface area contributed by atoms with E-state index in [4.69, 9.17) is 0 Å². The molecule has 0 aliphatic rings. The lowest BCUT2D eigenvalue weighted by atomic mass is 9.87. The SMILES string of the molecule is CCCC[C@H](NC)[C@@H](C)C(C)C. The molecule has 0 aromatic heterocycles. The Hall–Kier alpha value is -0.0400. The van der Waals surface area contributed by atoms with Crippen LogP contribution in [0.25, 0.3) is 0 Å². The van der Waals surface area contributed by atoms with Gasteiger partial charge in [0.05, 0.1) is 0 Å². The van der Waals surface area contributed by atoms with Crippen LogP contribution in [0.4, 0.5) is 0 Å². The van der Waals surface area contributed by atoms with Crippen molar-refractivity contribution in [3.8, 4) is 0 Å². The highest BCUT2D eigenvalue weighted by atomic mass is 14.9. The summed E-state index contributed by atoms with van der Waals surface area (Å²) in [6.45, 7) is 9.22. The zero-order chi connectivity index (χ0) is 9.56. The Morgan fingerprint density at radius 1 is 1.17 bits per heavy atom. The average Bonchev–Trinajstić information content (AvgIpc) is 2.05. The molecule has 1 nitrogen and oxygen atoms in total. The molecular weight excluding hydrogens is 146 g/mol. The Balaban J connectivity index is 3.79. The summed E-state index contributed by atoms with van der Waals surface area (Å²) in [7, 11) is 2.08. The molecule has 0 saturated heterocycles. The number of nitrogens with one attached hydrogen (secondary N) is 1. The molecule has 0 aliphatic carbocycles. The summed E-state index contributed by atoms with van der Waals surface area (Å²) in [6, 6.07) is 0.713. The lowest BCUT2D eigenvalue weighted by molar-refractivity contribution is 0.293. The van der Waals surface area contributed by atoms with Gasteiger partial charge in [0, 0.05) is 6.04 Å². The van der Waals surface area contributed by atoms with E-state index in [1.165, 1.54) is 19.3 Å². The maximum absolute atomic E-state index is 3.42. The van der Waals surface area contributed by atoms with Gasteiger partial charge in [-0.3, -0.25) is 0 Å². The van der Waals surface area contributed by atoms with Crippen LogP contribution in [0, 0.1) is 11.8 Å². The van der Waals surface area contributed by atoms with Gasteiger partial charge in [-0.05, 0) is 25.3 Å². The summed E-state index contributed by atoms with van der Waals surface area (Å²) in [5.41, 5.74) is 0. The van der Waals surface area contributed by atoms with Crippen molar-refractivity contribution in [2.24, 2.45) is 11.8 Å². The van der Waals surface area contributed by atoms with E-state index in [-0.39, 0.29) is 0 Å². The maximum Gasteiger partial charge on any atom is 0.00921 e. The number of rotatable bonds is 6. The van der Waals surface area contributed by atoms with E-state index in [1.807, 2.05) is 0 Å². The Bertz CT molecular complexity index is 99.2. The molecule has 1 N–H and O–H groups in total. The minimum Gasteiger partial charge on any atom is -0.317 e. The predicted octanol–water partition coefficient (Wildman–Crippen LogP) is 3.06. The Morgan fingerprint density at radius 2 is 1.75 bits per heavy atom. The molecule has 0 bridgehead atoms. The molecule has 2 atom stereocenters. The highest BCUT2D eigenvalue weighted by Gasteiger charge is 2.17. The van der Waals surface area contributed by atoms with Crippen LogP contribution < -0.4 is 5.32 Å². The van der Waals surface area contributed by atoms with Gasteiger partial charge in [-0.1, -0.05) is 40.5 Å². The summed E-state index contributed by atoms with van der Waals surface area (Å²) in [5, 5.41) is 3.42. The van der Waals surface area contributed by atoms with Crippen LogP contribution in [-0.2, 0) is 0 Å². The molecule has 0 amide bonds. The summed E-state index contributed by atoms with van der Waals surface area (Å²) in [5.74, 6) is 1.58. The van der Waals surface area contributed by atoms with Crippen LogP contribution in [0.2, 0.25) is 0 Å². The standard InChI is InChI=1S/C11H25N/c1-6-7-8-11(12-5)10(4)9(2)3/h9-12H,6-8H2,1-5H3/t10-,11-/m0/s1. The van der Waals surface area contributed by atoms with E-state index >= 15 is 0 Å². The first-order valence-electron chi connectivity index (χ1n) is 5.30. The zero-order valence-electron chi connectivity index (χ0n) is 9.35. The summed E-state index contributed by atoms with van der Waals surface area (Å²) >= 11 is 0. The third kappa shape index (κ3) is 4.10. The van der Waals surface area contributed by atoms with Crippen LogP contribution in [0.5, 0.6) is 0 Å². The lowest BCUT2D eigenvalue weighted by Gasteiger charge is -2.26. The summed E-state index contributed by atoms with van der Waals surface area (Å²) < 4.78 is 0. The van der Waals surface area contributed by atoms with Gasteiger partial charge in [-0.15, -0.1) is 0 Å². The zero-order valence-corrected chi connectivity index (χ0v) is 9.35. The van der Waals surface area contributed by atoms with Crippen LogP contribution >= 0.6 is 0 Å². The van der Waals surface area contributed by atoms with E-state index in [0.717, 1.165) is 11.8 Å². The molecular formula is C11H25N. The van der Waals surface area contributed by atoms with Gasteiger partial charge in [0.25, 0.3) is 0 Å². The van der Waals surface area contributed by atoms with Gasteiger partial charge in [0.2, 0.25) is 0 Å². The fourth-order valence-corrected chi connectivity index (χ4v) is 1.56. The van der Waals surface area contributed by atoms with E-state index in [9.17, 15) is 0 Å². The Labute approximate surface area is 77.9 Å². The fraction of sp³-hybridized carbons (Fsp3) is 1.00. The molecule has 74 valence electrons. The molecule has 0 aromatic rings. The highest BCUT2D eigenvalue weighted by molar-refractivity contribution is 4.73. The quantitative estimate of drug-likeness (QED) is 0.647. The Morgan fingerprint density at radius 3 is 2.08 bits per heavy atom. The minimum atomic E-state index is 0.713. The van der Waals surface area contributed by atoms with E-state index in [0.29, 0.717) is 6.04 Å². The van der Waals surface area contributed by atoms with Crippen molar-refractivity contribution in [2.75, 3.05) is 7.05 Å². The van der Waals surface area contributed by atoms with Crippen LogP contribution in [0.15, 0.2) is 0 Å². The molecule has 0 rings (SSSR count). The van der Waals surface area contributed by atoms with Crippen molar-refractivity contribution in [2.45, 2.75) is 53.0 Å². The fourth-order valence-electron chi connectivity index (χ4n) is 1.56. The van der Waals surface area contributed by atoms with Crippen molar-refractivity contribution in [3.63, 3.8) is 0 Å². The average molecular weight is 171 g/mol. The highest BCUT2D eigenvalue weighted by Crippen LogP contribution is 2.18. The largest absolute Gasteiger partial charge is 0.317 e. The molecule has 0 fully saturated rings. The predicted molar refractivity (Wildman–Crippen MR) is 56.4 cm³/mol. The molecule has 0 aliphatic heterocycles. The third-order valence-electron chi connectivity index (χ3n) is 2.93. The molecule has 0 saturated carbocycles. The molecule has 1 heteroatoms. The van der Waals surface area contributed by atoms with Crippen LogP contribution in [0.3, 0.4) is 0 Å². The summed E-state index contributed by atoms with van der Waals surface area (Å²) in [4.78, 5) is 0. The van der Waals surface area contributed by atoms with E-state index < -0.39 is 0 Å². The van der Waals surface area contributed by atoms with Gasteiger partial charge in [0.1, 0.15) is 0 Å². The smallest absolute Gasteiger partial charge is 0.00921 e. The molecule has 0 unspecified atom stereocenters. The topological polar surface area (TPSA) is 12.0 Å². The summed E-state index contributed by atoms with van der Waals surface area (Å²) in [6.07, 6.45) is 3.98. The third-order valence-corrected chi connectivity index (χ3v) is 2.93. The molecule has 0 heterocycles. The van der Waals surface area contributed by atoms with Crippen LogP contribution in [-0.4, -0.2) is 13.1 Å². The second-order valence-electron chi connectivity index (χ2n) is 4.14. The first-order chi connectivity index (χ1) is 5.63. The number of hydrogen-bond acceptors (Lipinski definition) is 1. The molecule has 0 aromatic carbocycles. The van der Waals surface area contributed by atoms with Crippen molar-refractivity contribution >= 4 is 0 Å². The van der Waals surface area contributed by atoms with Gasteiger partial charge < -0.3 is 5.32 Å². The van der Waals surface area contributed by atoms with Gasteiger partial charge in [-0.25, -0.2) is 0 Å². The van der Waals surface area contributed by atoms with Crippen LogP contribution in [0.1, 0.15) is 47.0 Å². The first-order valence-corrected chi connectivity index (χ1v) is 5.30. The van der Waals surface area contributed by atoms with Crippen molar-refractivity contribution in [3.05, 3.63) is 0 Å². The minimum absolute atomic E-state index is 0.713. The van der Waals surface area contributed by atoms with Crippen molar-refractivity contribution < 1.29 is 0 Å². The van der Waals surface area contributed by atoms with Gasteiger partial charge in [-0.2, -0.15) is 0 Å². The number of hydrogen-bond donors (Lipinski definition) is 1. The lowest BCUT2D eigenvalue weighted by Crippen LogP contribution is -2.34. The van der Waals surface area contributed by atoms with Gasteiger partial charge in [0.15, 0.2) is 0 Å². The maximum atomic E-state index is 3.42. The second-order valence-corrected chi connectivity index (χ2v) is 4.14. The molecule has 12 heavy (non-hydrogen) atoms. The van der Waals surface area contributed by atoms with Crippen molar-refractivity contribution in [1.29, 1.82) is 0 Å². The normalized spacial score (nSPS) is 16.5. The van der Waals surface area contributed by atoms with E-state index in [2.05, 4.69) is 40.1 Å². The van der Waals surface area contributed by atoms with Crippen molar-refractivity contribution in [1.82, 2.24) is 5.32 Å². The second kappa shape index (κ2) is 6.47. The molecule has 0 spiro atoms. The van der Waals surface area contributed by atoms with Gasteiger partial charge >= 0.3 is 0 Å². The Kier molecular flexibility index (Phi) is 6.45. The van der Waals surface area contributed by atoms with E-state index in [1.54, 1.807) is 0 Å². The molecule has 0 radical (unpaired) electrons. The monoisotopic (exact) mass is 171 g/mol. The first kappa shape index (κ1) is 12.0.